The predicted molar refractivity (Wildman–Crippen MR) is 129 cm³/mol. The van der Waals surface area contributed by atoms with Crippen LogP contribution < -0.4 is 10.1 Å². The molecular weight excluding hydrogens is 440 g/mol. The number of carboxylic acid groups (broad SMARTS) is 1. The SMILES string of the molecule is COc1ccc(-c2nc(Nc3ccc(C=CC(=O)O)cc3)nc(-c3ccc(Cl)cc3)n2)cc1. The Labute approximate surface area is 195 Å². The molecule has 0 saturated carbocycles. The zero-order chi connectivity index (χ0) is 23.2. The molecule has 8 heteroatoms. The molecule has 3 aromatic carbocycles. The molecule has 0 unspecified atom stereocenters. The number of carboxylic acids is 1. The summed E-state index contributed by atoms with van der Waals surface area (Å²) >= 11 is 6.03. The molecule has 0 aliphatic heterocycles. The van der Waals surface area contributed by atoms with Gasteiger partial charge in [-0.15, -0.1) is 0 Å². The van der Waals surface area contributed by atoms with Gasteiger partial charge in [0.25, 0.3) is 0 Å². The Morgan fingerprint density at radius 2 is 1.45 bits per heavy atom. The quantitative estimate of drug-likeness (QED) is 0.342. The van der Waals surface area contributed by atoms with E-state index in [0.29, 0.717) is 22.6 Å². The summed E-state index contributed by atoms with van der Waals surface area (Å²) in [6.45, 7) is 0. The van der Waals surface area contributed by atoms with Gasteiger partial charge >= 0.3 is 5.97 Å². The third kappa shape index (κ3) is 5.72. The monoisotopic (exact) mass is 458 g/mol. The molecule has 33 heavy (non-hydrogen) atoms. The van der Waals surface area contributed by atoms with Crippen molar-refractivity contribution >= 4 is 35.3 Å². The first-order chi connectivity index (χ1) is 16.0. The molecule has 0 atom stereocenters. The van der Waals surface area contributed by atoms with Crippen LogP contribution in [0.5, 0.6) is 5.75 Å². The zero-order valence-electron chi connectivity index (χ0n) is 17.6. The summed E-state index contributed by atoms with van der Waals surface area (Å²) in [5.41, 5.74) is 3.12. The van der Waals surface area contributed by atoms with Crippen molar-refractivity contribution in [1.82, 2.24) is 15.0 Å². The van der Waals surface area contributed by atoms with E-state index < -0.39 is 5.97 Å². The summed E-state index contributed by atoms with van der Waals surface area (Å²) in [4.78, 5) is 24.5. The minimum atomic E-state index is -0.997. The van der Waals surface area contributed by atoms with Gasteiger partial charge in [-0.2, -0.15) is 9.97 Å². The number of benzene rings is 3. The van der Waals surface area contributed by atoms with Crippen LogP contribution in [0.4, 0.5) is 11.6 Å². The second kappa shape index (κ2) is 9.93. The highest BCUT2D eigenvalue weighted by atomic mass is 35.5. The molecule has 2 N–H and O–H groups in total. The zero-order valence-corrected chi connectivity index (χ0v) is 18.3. The lowest BCUT2D eigenvalue weighted by Crippen LogP contribution is -2.03. The second-order valence-electron chi connectivity index (χ2n) is 6.96. The van der Waals surface area contributed by atoms with Crippen LogP contribution >= 0.6 is 11.6 Å². The third-order valence-corrected chi connectivity index (χ3v) is 4.92. The Morgan fingerprint density at radius 1 is 0.879 bits per heavy atom. The van der Waals surface area contributed by atoms with Crippen molar-refractivity contribution in [3.63, 3.8) is 0 Å². The van der Waals surface area contributed by atoms with E-state index in [4.69, 9.17) is 21.4 Å². The number of anilines is 2. The Bertz CT molecular complexity index is 1290. The molecule has 0 aliphatic rings. The fourth-order valence-electron chi connectivity index (χ4n) is 3.00. The summed E-state index contributed by atoms with van der Waals surface area (Å²) in [7, 11) is 1.61. The molecule has 0 saturated heterocycles. The maximum Gasteiger partial charge on any atom is 0.328 e. The van der Waals surface area contributed by atoms with Crippen LogP contribution in [0.15, 0.2) is 78.9 Å². The van der Waals surface area contributed by atoms with Crippen molar-refractivity contribution < 1.29 is 14.6 Å². The van der Waals surface area contributed by atoms with Crippen LogP contribution in [0, 0.1) is 0 Å². The fraction of sp³-hybridized carbons (Fsp3) is 0.0400. The normalized spacial score (nSPS) is 10.8. The van der Waals surface area contributed by atoms with Gasteiger partial charge in [0.1, 0.15) is 5.75 Å². The van der Waals surface area contributed by atoms with E-state index in [-0.39, 0.29) is 0 Å². The summed E-state index contributed by atoms with van der Waals surface area (Å²) in [5.74, 6) is 1.11. The van der Waals surface area contributed by atoms with Crippen LogP contribution in [0.1, 0.15) is 5.56 Å². The van der Waals surface area contributed by atoms with Crippen LogP contribution in [-0.2, 0) is 4.79 Å². The maximum absolute atomic E-state index is 10.7. The van der Waals surface area contributed by atoms with E-state index in [0.717, 1.165) is 34.2 Å². The molecule has 4 aromatic rings. The fourth-order valence-corrected chi connectivity index (χ4v) is 3.13. The van der Waals surface area contributed by atoms with Gasteiger partial charge in [0.05, 0.1) is 7.11 Å². The minimum absolute atomic E-state index is 0.370. The number of aromatic nitrogens is 3. The van der Waals surface area contributed by atoms with Gasteiger partial charge in [0, 0.05) is 27.9 Å². The second-order valence-corrected chi connectivity index (χ2v) is 7.40. The number of hydrogen-bond acceptors (Lipinski definition) is 6. The minimum Gasteiger partial charge on any atom is -0.497 e. The molecule has 1 heterocycles. The lowest BCUT2D eigenvalue weighted by molar-refractivity contribution is -0.131. The van der Waals surface area contributed by atoms with Gasteiger partial charge < -0.3 is 15.2 Å². The Kier molecular flexibility index (Phi) is 6.61. The largest absolute Gasteiger partial charge is 0.497 e. The Morgan fingerprint density at radius 3 is 2.00 bits per heavy atom. The molecule has 0 amide bonds. The Hall–Kier alpha value is -4.23. The number of nitrogens with zero attached hydrogens (tertiary/aromatic N) is 3. The molecule has 1 aromatic heterocycles. The number of carbonyl (C=O) groups is 1. The molecule has 0 aliphatic carbocycles. The van der Waals surface area contributed by atoms with Gasteiger partial charge in [-0.25, -0.2) is 9.78 Å². The van der Waals surface area contributed by atoms with Crippen molar-refractivity contribution in [3.05, 3.63) is 89.5 Å². The van der Waals surface area contributed by atoms with Crippen molar-refractivity contribution in [3.8, 4) is 28.5 Å². The third-order valence-electron chi connectivity index (χ3n) is 4.67. The number of ether oxygens (including phenoxy) is 1. The van der Waals surface area contributed by atoms with E-state index >= 15 is 0 Å². The van der Waals surface area contributed by atoms with Crippen molar-refractivity contribution in [2.45, 2.75) is 0 Å². The average Bonchev–Trinajstić information content (AvgIpc) is 2.84. The first-order valence-corrected chi connectivity index (χ1v) is 10.3. The van der Waals surface area contributed by atoms with Gasteiger partial charge in [-0.05, 0) is 72.3 Å². The number of halogens is 1. The predicted octanol–water partition coefficient (Wildman–Crippen LogP) is 5.71. The molecule has 0 fully saturated rings. The molecule has 7 nitrogen and oxygen atoms in total. The van der Waals surface area contributed by atoms with Gasteiger partial charge in [0.15, 0.2) is 11.6 Å². The molecule has 4 rings (SSSR count). The van der Waals surface area contributed by atoms with E-state index in [1.54, 1.807) is 31.4 Å². The summed E-state index contributed by atoms with van der Waals surface area (Å²) in [6.07, 6.45) is 2.61. The average molecular weight is 459 g/mol. The standard InChI is InChI=1S/C25H19ClN4O3/c1-33-21-13-7-18(8-14-21)24-28-23(17-5-9-19(26)10-6-17)29-25(30-24)27-20-11-2-16(3-12-20)4-15-22(31)32/h2-15H,1H3,(H,31,32)(H,27,28,29,30). The van der Waals surface area contributed by atoms with Crippen LogP contribution in [0.3, 0.4) is 0 Å². The van der Waals surface area contributed by atoms with E-state index in [2.05, 4.69) is 20.3 Å². The van der Waals surface area contributed by atoms with Gasteiger partial charge in [0.2, 0.25) is 5.95 Å². The number of hydrogen-bond donors (Lipinski definition) is 2. The van der Waals surface area contributed by atoms with Gasteiger partial charge in [-0.1, -0.05) is 23.7 Å². The lowest BCUT2D eigenvalue weighted by atomic mass is 10.2. The van der Waals surface area contributed by atoms with E-state index in [1.807, 2.05) is 48.5 Å². The number of methoxy groups -OCH3 is 1. The van der Waals surface area contributed by atoms with Crippen molar-refractivity contribution in [1.29, 1.82) is 0 Å². The highest BCUT2D eigenvalue weighted by Gasteiger charge is 2.11. The van der Waals surface area contributed by atoms with E-state index in [1.165, 1.54) is 6.08 Å². The van der Waals surface area contributed by atoms with Crippen LogP contribution in [-0.4, -0.2) is 33.1 Å². The highest BCUT2D eigenvalue weighted by molar-refractivity contribution is 6.30. The van der Waals surface area contributed by atoms with E-state index in [9.17, 15) is 4.79 Å². The first kappa shape index (κ1) is 22.0. The first-order valence-electron chi connectivity index (χ1n) is 9.95. The Balaban J connectivity index is 1.69. The maximum atomic E-state index is 10.7. The van der Waals surface area contributed by atoms with Gasteiger partial charge in [-0.3, -0.25) is 0 Å². The molecule has 0 bridgehead atoms. The molecule has 164 valence electrons. The molecule has 0 radical (unpaired) electrons. The topological polar surface area (TPSA) is 97.2 Å². The number of rotatable bonds is 7. The van der Waals surface area contributed by atoms with Crippen LogP contribution in [0.2, 0.25) is 5.02 Å². The summed E-state index contributed by atoms with van der Waals surface area (Å²) in [5, 5.41) is 12.6. The highest BCUT2D eigenvalue weighted by Crippen LogP contribution is 2.25. The number of nitrogens with one attached hydrogen (secondary N) is 1. The smallest absolute Gasteiger partial charge is 0.328 e. The molecule has 0 spiro atoms. The lowest BCUT2D eigenvalue weighted by Gasteiger charge is -2.10. The molecular formula is C25H19ClN4O3. The van der Waals surface area contributed by atoms with Crippen molar-refractivity contribution in [2.24, 2.45) is 0 Å². The van der Waals surface area contributed by atoms with Crippen LogP contribution in [0.25, 0.3) is 28.9 Å². The summed E-state index contributed by atoms with van der Waals surface area (Å²) in [6, 6.07) is 22.0. The summed E-state index contributed by atoms with van der Waals surface area (Å²) < 4.78 is 5.24. The number of aliphatic carboxylic acids is 1. The van der Waals surface area contributed by atoms with Crippen molar-refractivity contribution in [2.75, 3.05) is 12.4 Å².